The van der Waals surface area contributed by atoms with E-state index >= 15 is 0 Å². The summed E-state index contributed by atoms with van der Waals surface area (Å²) in [6.07, 6.45) is -2.31. The number of likely N-dealkylation sites (tertiary alicyclic amines) is 1. The number of hydrogen-bond donors (Lipinski definition) is 0. The molecule has 1 aliphatic rings. The van der Waals surface area contributed by atoms with Gasteiger partial charge in [-0.05, 0) is 57.1 Å². The van der Waals surface area contributed by atoms with Crippen molar-refractivity contribution < 1.29 is 13.2 Å². The maximum atomic E-state index is 12.5. The van der Waals surface area contributed by atoms with Crippen LogP contribution in [0.5, 0.6) is 0 Å². The summed E-state index contributed by atoms with van der Waals surface area (Å²) in [5.41, 5.74) is 0.383. The van der Waals surface area contributed by atoms with Crippen LogP contribution in [0.25, 0.3) is 0 Å². The van der Waals surface area contributed by atoms with Crippen molar-refractivity contribution in [2.24, 2.45) is 5.92 Å². The number of piperidine rings is 1. The van der Waals surface area contributed by atoms with E-state index < -0.39 is 11.7 Å². The number of likely N-dealkylation sites (N-methyl/N-ethyl adjacent to an activating group) is 1. The molecule has 1 fully saturated rings. The quantitative estimate of drug-likeness (QED) is 0.839. The normalized spacial score (nSPS) is 24.0. The van der Waals surface area contributed by atoms with Gasteiger partial charge in [0.15, 0.2) is 0 Å². The van der Waals surface area contributed by atoms with Crippen molar-refractivity contribution in [2.75, 3.05) is 33.7 Å². The van der Waals surface area contributed by atoms with Gasteiger partial charge in [0.25, 0.3) is 0 Å². The molecule has 22 heavy (non-hydrogen) atoms. The Morgan fingerprint density at radius 2 is 1.86 bits per heavy atom. The number of halogens is 3. The average Bonchev–Trinajstić information content (AvgIpc) is 2.44. The highest BCUT2D eigenvalue weighted by atomic mass is 19.4. The lowest BCUT2D eigenvalue weighted by Gasteiger charge is -2.40. The number of rotatable bonds is 4. The Balaban J connectivity index is 1.87. The highest BCUT2D eigenvalue weighted by Crippen LogP contribution is 2.29. The van der Waals surface area contributed by atoms with Gasteiger partial charge in [0, 0.05) is 19.1 Å². The molecule has 2 rings (SSSR count). The van der Waals surface area contributed by atoms with Crippen LogP contribution in [-0.2, 0) is 12.6 Å². The van der Waals surface area contributed by atoms with Gasteiger partial charge in [-0.3, -0.25) is 0 Å². The molecule has 1 aromatic rings. The van der Waals surface area contributed by atoms with Gasteiger partial charge in [0.05, 0.1) is 5.56 Å². The van der Waals surface area contributed by atoms with Crippen LogP contribution < -0.4 is 0 Å². The Kier molecular flexibility index (Phi) is 5.50. The zero-order valence-corrected chi connectivity index (χ0v) is 13.5. The van der Waals surface area contributed by atoms with Crippen molar-refractivity contribution >= 4 is 0 Å². The highest BCUT2D eigenvalue weighted by Gasteiger charge is 2.30. The Bertz CT molecular complexity index is 470. The molecule has 0 N–H and O–H groups in total. The minimum Gasteiger partial charge on any atom is -0.306 e. The lowest BCUT2D eigenvalue weighted by molar-refractivity contribution is -0.137. The molecule has 0 amide bonds. The van der Waals surface area contributed by atoms with Gasteiger partial charge in [-0.25, -0.2) is 0 Å². The van der Waals surface area contributed by atoms with E-state index in [1.807, 2.05) is 0 Å². The fraction of sp³-hybridized carbons (Fsp3) is 0.647. The first-order valence-electron chi connectivity index (χ1n) is 7.82. The molecule has 1 saturated heterocycles. The van der Waals surface area contributed by atoms with Crippen LogP contribution in [0.3, 0.4) is 0 Å². The molecule has 0 radical (unpaired) electrons. The third kappa shape index (κ3) is 4.46. The van der Waals surface area contributed by atoms with Gasteiger partial charge in [0.1, 0.15) is 0 Å². The minimum atomic E-state index is -4.25. The summed E-state index contributed by atoms with van der Waals surface area (Å²) in [4.78, 5) is 4.71. The Hall–Kier alpha value is -1.07. The second kappa shape index (κ2) is 7.01. The van der Waals surface area contributed by atoms with Crippen molar-refractivity contribution in [2.45, 2.75) is 32.0 Å². The van der Waals surface area contributed by atoms with Gasteiger partial charge < -0.3 is 9.80 Å². The van der Waals surface area contributed by atoms with Crippen molar-refractivity contribution in [3.8, 4) is 0 Å². The topological polar surface area (TPSA) is 6.48 Å². The second-order valence-corrected chi connectivity index (χ2v) is 6.52. The van der Waals surface area contributed by atoms with Gasteiger partial charge >= 0.3 is 6.18 Å². The van der Waals surface area contributed by atoms with Crippen molar-refractivity contribution in [1.82, 2.24) is 9.80 Å². The SMILES string of the molecule is CC1CN(C)CCC1N(C)CCc1ccc(C(F)(F)F)cc1. The summed E-state index contributed by atoms with van der Waals surface area (Å²) >= 11 is 0. The fourth-order valence-electron chi connectivity index (χ4n) is 3.33. The molecular formula is C17H25F3N2. The maximum absolute atomic E-state index is 12.5. The van der Waals surface area contributed by atoms with E-state index in [9.17, 15) is 13.2 Å². The van der Waals surface area contributed by atoms with Crippen LogP contribution in [0, 0.1) is 5.92 Å². The molecule has 0 spiro atoms. The van der Waals surface area contributed by atoms with E-state index in [1.54, 1.807) is 12.1 Å². The zero-order valence-electron chi connectivity index (χ0n) is 13.5. The molecule has 2 unspecified atom stereocenters. The van der Waals surface area contributed by atoms with E-state index in [0.29, 0.717) is 12.0 Å². The molecule has 0 aliphatic carbocycles. The first kappa shape index (κ1) is 17.3. The second-order valence-electron chi connectivity index (χ2n) is 6.52. The first-order chi connectivity index (χ1) is 10.3. The van der Waals surface area contributed by atoms with Crippen LogP contribution in [-0.4, -0.2) is 49.6 Å². The summed E-state index contributed by atoms with van der Waals surface area (Å²) in [6, 6.07) is 6.09. The summed E-state index contributed by atoms with van der Waals surface area (Å²) in [7, 11) is 4.27. The molecule has 124 valence electrons. The third-order valence-electron chi connectivity index (χ3n) is 4.66. The standard InChI is InChI=1S/C17H25F3N2/c1-13-12-21(2)10-9-16(13)22(3)11-8-14-4-6-15(7-5-14)17(18,19)20/h4-7,13,16H,8-12H2,1-3H3. The predicted octanol–water partition coefficient (Wildman–Crippen LogP) is 3.52. The molecule has 1 heterocycles. The average molecular weight is 314 g/mol. The van der Waals surface area contributed by atoms with E-state index in [4.69, 9.17) is 0 Å². The number of benzene rings is 1. The van der Waals surface area contributed by atoms with Crippen LogP contribution >= 0.6 is 0 Å². The Morgan fingerprint density at radius 1 is 1.23 bits per heavy atom. The van der Waals surface area contributed by atoms with Gasteiger partial charge in [-0.1, -0.05) is 19.1 Å². The van der Waals surface area contributed by atoms with Crippen LogP contribution in [0.1, 0.15) is 24.5 Å². The molecule has 0 saturated carbocycles. The Labute approximate surface area is 130 Å². The summed E-state index contributed by atoms with van der Waals surface area (Å²) in [6.45, 7) is 5.37. The first-order valence-corrected chi connectivity index (χ1v) is 7.82. The van der Waals surface area contributed by atoms with E-state index in [2.05, 4.69) is 30.8 Å². The summed E-state index contributed by atoms with van der Waals surface area (Å²) in [5, 5.41) is 0. The number of hydrogen-bond acceptors (Lipinski definition) is 2. The monoisotopic (exact) mass is 314 g/mol. The molecular weight excluding hydrogens is 289 g/mol. The fourth-order valence-corrected chi connectivity index (χ4v) is 3.33. The number of alkyl halides is 3. The minimum absolute atomic E-state index is 0.561. The molecule has 2 nitrogen and oxygen atoms in total. The highest BCUT2D eigenvalue weighted by molar-refractivity contribution is 5.24. The predicted molar refractivity (Wildman–Crippen MR) is 82.8 cm³/mol. The number of nitrogens with zero attached hydrogens (tertiary/aromatic N) is 2. The van der Waals surface area contributed by atoms with Crippen LogP contribution in [0.15, 0.2) is 24.3 Å². The van der Waals surface area contributed by atoms with E-state index in [0.717, 1.165) is 38.0 Å². The lowest BCUT2D eigenvalue weighted by Crippen LogP contribution is -2.48. The smallest absolute Gasteiger partial charge is 0.306 e. The molecule has 0 aromatic heterocycles. The third-order valence-corrected chi connectivity index (χ3v) is 4.66. The summed E-state index contributed by atoms with van der Waals surface area (Å²) < 4.78 is 37.6. The van der Waals surface area contributed by atoms with Crippen molar-refractivity contribution in [3.63, 3.8) is 0 Å². The van der Waals surface area contributed by atoms with Crippen LogP contribution in [0.2, 0.25) is 0 Å². The Morgan fingerprint density at radius 3 is 2.41 bits per heavy atom. The largest absolute Gasteiger partial charge is 0.416 e. The van der Waals surface area contributed by atoms with Gasteiger partial charge in [-0.2, -0.15) is 13.2 Å². The van der Waals surface area contributed by atoms with Crippen molar-refractivity contribution in [3.05, 3.63) is 35.4 Å². The zero-order chi connectivity index (χ0) is 16.3. The van der Waals surface area contributed by atoms with Gasteiger partial charge in [0.2, 0.25) is 0 Å². The van der Waals surface area contributed by atoms with E-state index in [1.165, 1.54) is 12.1 Å². The molecule has 1 aliphatic heterocycles. The molecule has 5 heteroatoms. The molecule has 0 bridgehead atoms. The molecule has 1 aromatic carbocycles. The van der Waals surface area contributed by atoms with E-state index in [-0.39, 0.29) is 0 Å². The maximum Gasteiger partial charge on any atom is 0.416 e. The lowest BCUT2D eigenvalue weighted by atomic mass is 9.93. The van der Waals surface area contributed by atoms with Crippen molar-refractivity contribution in [1.29, 1.82) is 0 Å². The molecule has 2 atom stereocenters. The summed E-state index contributed by atoms with van der Waals surface area (Å²) in [5.74, 6) is 0.622. The van der Waals surface area contributed by atoms with Crippen LogP contribution in [0.4, 0.5) is 13.2 Å². The van der Waals surface area contributed by atoms with Gasteiger partial charge in [-0.15, -0.1) is 0 Å².